The third-order valence-electron chi connectivity index (χ3n) is 22.7. The van der Waals surface area contributed by atoms with Gasteiger partial charge in [0.1, 0.15) is 17.3 Å². The van der Waals surface area contributed by atoms with Crippen molar-refractivity contribution in [3.05, 3.63) is 308 Å². The molecule has 2 saturated heterocycles. The van der Waals surface area contributed by atoms with Crippen molar-refractivity contribution in [1.29, 1.82) is 0 Å². The molecule has 38 heteroatoms. The van der Waals surface area contributed by atoms with Gasteiger partial charge in [0.15, 0.2) is 0 Å². The molecule has 0 spiro atoms. The van der Waals surface area contributed by atoms with Crippen LogP contribution in [0, 0.1) is 0 Å². The summed E-state index contributed by atoms with van der Waals surface area (Å²) in [7, 11) is 4.22. The molecule has 1 radical (unpaired) electrons. The summed E-state index contributed by atoms with van der Waals surface area (Å²) in [6, 6.07) is 61.3. The molecule has 23 nitrogen and oxygen atoms in total. The zero-order valence-electron chi connectivity index (χ0n) is 76.9. The molecule has 6 aliphatic rings. The number of likely N-dealkylation sites (tertiary alicyclic amines) is 1. The first kappa shape index (κ1) is 114. The number of anilines is 2. The zero-order chi connectivity index (χ0) is 98.6. The van der Waals surface area contributed by atoms with Gasteiger partial charge in [-0.15, -0.1) is 11.6 Å². The van der Waals surface area contributed by atoms with E-state index in [4.69, 9.17) is 104 Å². The number of rotatable bonds is 17. The van der Waals surface area contributed by atoms with Gasteiger partial charge < -0.3 is 61.1 Å². The molecular formula is C100H112B4Br5Cl6N12O11. The zero-order valence-corrected chi connectivity index (χ0v) is 89.3. The van der Waals surface area contributed by atoms with Crippen molar-refractivity contribution < 1.29 is 53.4 Å². The van der Waals surface area contributed by atoms with Crippen molar-refractivity contribution in [2.75, 3.05) is 90.6 Å². The van der Waals surface area contributed by atoms with E-state index >= 15 is 0 Å². The maximum absolute atomic E-state index is 11.0. The van der Waals surface area contributed by atoms with Crippen molar-refractivity contribution in [3.63, 3.8) is 0 Å². The summed E-state index contributed by atoms with van der Waals surface area (Å²) < 4.78 is 29.4. The molecule has 2 fully saturated rings. The van der Waals surface area contributed by atoms with Crippen LogP contribution in [-0.2, 0) is 102 Å². The number of pyridine rings is 4. The summed E-state index contributed by atoms with van der Waals surface area (Å²) in [6.07, 6.45) is 9.04. The van der Waals surface area contributed by atoms with Crippen molar-refractivity contribution in [2.24, 2.45) is 5.73 Å². The Labute approximate surface area is 882 Å². The van der Waals surface area contributed by atoms with E-state index in [1.165, 1.54) is 49.5 Å². The van der Waals surface area contributed by atoms with E-state index < -0.39 is 20.1 Å². The third-order valence-corrected chi connectivity index (χ3v) is 27.0. The topological polar surface area (TPSA) is 299 Å². The maximum atomic E-state index is 11.0. The fourth-order valence-corrected chi connectivity index (χ4v) is 18.9. The van der Waals surface area contributed by atoms with Crippen LogP contribution in [0.3, 0.4) is 0 Å². The predicted octanol–water partition coefficient (Wildman–Crippen LogP) is 23.6. The molecule has 138 heavy (non-hydrogen) atoms. The van der Waals surface area contributed by atoms with Gasteiger partial charge in [-0.1, -0.05) is 218 Å². The number of halogens is 11. The number of benzene rings is 9. The molecule has 6 aliphatic heterocycles. The number of ether oxygens (including phenoxy) is 3. The summed E-state index contributed by atoms with van der Waals surface area (Å²) in [4.78, 5) is 57.9. The molecule has 10 heterocycles. The van der Waals surface area contributed by atoms with Crippen molar-refractivity contribution in [3.8, 4) is 11.5 Å². The van der Waals surface area contributed by atoms with Crippen LogP contribution in [0.5, 0.6) is 11.5 Å². The first-order valence-corrected chi connectivity index (χ1v) is 51.1. The standard InChI is InChI=1S/C21H22BBrClN3O2.C19H16BrClN2.C13H13BBrClN2O.C12H10BrClN2.C12H15NO.C8H10ClNO.C7H6BrNO2.C4H8O.C2H5B2O3.CH3Cl.CH4/c1-22(28)27-8-7-19-16(12-27)21(15-10-14(23)4-5-18(15)26-19)25-11-13-3-6-20(29-2)17(24)9-13;20-14-6-7-17-15(10-14)19(21)16-12-23(9-8-18(16)22-17)11-13-4-2-1-3-5-13;1-14(19)18-5-4-12-10(7-18)13(16)9-6-8(15)2-3-11(9)17-12;13-7-1-2-10-8(5-7)12(14)9-6-15-4-3-11(9)16-10;14-12-6-8-13(9-7-12)10-11-4-2-1-3-5-11;1-11-8-3-2-6(5-10)4-7(8)9;8-4-1-2-6(9)5(3-4)7(10)11;1-2-4-5-3-1;1-3-7-6-2-4-5;1-2;/h3-6,9-10,28H,7-8,11-12H2,1-2H3,(H,25,26);1-7,10H,8-9,11-12H2;2-3,6,19H,4-5,7H2,1H3;1-2,5,15H,3-4,6H2;1-5H,6-10H2;2-4H,5,10H2,1H3;1-3H,9H2,(H,10,11);1-4H2;2H2,1H3;1H3;1H4. The molecule has 0 saturated carbocycles. The molecule has 9 aromatic carbocycles. The van der Waals surface area contributed by atoms with Gasteiger partial charge in [0.2, 0.25) is 0 Å². The van der Waals surface area contributed by atoms with Crippen molar-refractivity contribution >= 4 is 245 Å². The van der Waals surface area contributed by atoms with Gasteiger partial charge in [-0.2, -0.15) is 0 Å². The second-order valence-corrected chi connectivity index (χ2v) is 38.7. The Balaban J connectivity index is 0.000000179. The van der Waals surface area contributed by atoms with Crippen LogP contribution in [0.15, 0.2) is 210 Å². The monoisotopic (exact) mass is 2310 g/mol. The Bertz CT molecular complexity index is 6180. The summed E-state index contributed by atoms with van der Waals surface area (Å²) in [5.41, 5.74) is 29.8. The molecule has 9 N–H and O–H groups in total. The first-order valence-electron chi connectivity index (χ1n) is 44.4. The van der Waals surface area contributed by atoms with Crippen LogP contribution >= 0.6 is 149 Å². The predicted molar refractivity (Wildman–Crippen MR) is 585 cm³/mol. The quantitative estimate of drug-likeness (QED) is 0.0111. The van der Waals surface area contributed by atoms with E-state index in [-0.39, 0.29) is 25.2 Å². The van der Waals surface area contributed by atoms with Gasteiger partial charge in [-0.3, -0.25) is 34.5 Å². The number of fused-ring (bicyclic) bond motifs is 8. The molecule has 19 rings (SSSR count). The first-order chi connectivity index (χ1) is 66.1. The average Bonchev–Trinajstić information content (AvgIpc) is 0.825. The van der Waals surface area contributed by atoms with E-state index in [9.17, 15) is 24.3 Å². The number of carboxylic acid groups (broad SMARTS) is 1. The molecule has 4 aromatic heterocycles. The van der Waals surface area contributed by atoms with Gasteiger partial charge in [-0.05, 0) is 177 Å². The second-order valence-electron chi connectivity index (χ2n) is 32.1. The summed E-state index contributed by atoms with van der Waals surface area (Å²) >= 11 is 53.6. The number of ketones is 1. The van der Waals surface area contributed by atoms with E-state index in [1.54, 1.807) is 46.1 Å². The fraction of sp³-hybridized carbons (Fsp3) is 0.320. The second kappa shape index (κ2) is 59.1. The Morgan fingerprint density at radius 3 is 1.40 bits per heavy atom. The summed E-state index contributed by atoms with van der Waals surface area (Å²) in [6.45, 7) is 18.8. The fourth-order valence-electron chi connectivity index (χ4n) is 15.6. The number of hydrogen-bond donors (Lipinski definition) is 7. The van der Waals surface area contributed by atoms with Crippen molar-refractivity contribution in [1.82, 2.24) is 44.7 Å². The number of nitrogens with zero attached hydrogens (tertiary/aromatic N) is 8. The summed E-state index contributed by atoms with van der Waals surface area (Å²) in [5.74, 6) is 0.751. The number of carboxylic acids is 1. The summed E-state index contributed by atoms with van der Waals surface area (Å²) in [5, 5.41) is 43.1. The van der Waals surface area contributed by atoms with Crippen LogP contribution < -0.4 is 31.6 Å². The third kappa shape index (κ3) is 34.2. The van der Waals surface area contributed by atoms with Gasteiger partial charge in [0, 0.05) is 231 Å². The number of nitrogens with two attached hydrogens (primary N) is 2. The smallest absolute Gasteiger partial charge is 0.337 e. The SMILES string of the molecule is C.C1CCOC1.CB(O)N1CCc2nc3ccc(Br)cc3c(Cl)c2C1.CCl.COc1ccc(CN)cc1Cl.COc1ccc(CNc2c3c(nc4ccc(Br)cc24)CCN(B(C)O)C3)cc1Cl.C[B]OOCB=O.Clc1c2c(nc3ccc(Br)cc13)CCN(Cc1ccccc1)C2.Clc1c2c(nc3ccc(Br)cc13)CCNC2.Nc1ccc(Br)cc1C(=O)O.O=C1CCN(Cc2ccccc2)CC1. The molecule has 0 atom stereocenters. The Morgan fingerprint density at radius 2 is 0.949 bits per heavy atom. The minimum atomic E-state index is -1.01. The van der Waals surface area contributed by atoms with Gasteiger partial charge in [0.05, 0.1) is 72.7 Å². The number of alkyl halides is 1. The number of carbonyl (C=O) groups is 2. The van der Waals surface area contributed by atoms with Crippen LogP contribution in [-0.4, -0.2) is 175 Å². The minimum absolute atomic E-state index is 0. The van der Waals surface area contributed by atoms with Crippen molar-refractivity contribution in [2.45, 2.75) is 132 Å². The number of hydrogen-bond acceptors (Lipinski definition) is 22. The number of Topliss-reactive ketones (excluding diaryl/α,β-unsaturated/α-hetero) is 1. The molecule has 0 bridgehead atoms. The minimum Gasteiger partial charge on any atom is -0.478 e. The molecule has 0 aliphatic carbocycles. The number of nitrogen functional groups attached to an aromatic ring is 1. The normalized spacial score (nSPS) is 14.0. The molecular weight excluding hydrogens is 2200 g/mol. The Kier molecular flexibility index (Phi) is 48.9. The van der Waals surface area contributed by atoms with E-state index in [0.29, 0.717) is 65.1 Å². The number of nitrogens with one attached hydrogen (secondary N) is 2. The molecule has 0 amide bonds. The number of carbonyl (C=O) groups excluding carboxylic acids is 1. The number of aromatic nitrogens is 4. The Morgan fingerprint density at radius 1 is 0.529 bits per heavy atom. The van der Waals surface area contributed by atoms with Gasteiger partial charge in [0.25, 0.3) is 0 Å². The maximum Gasteiger partial charge on any atom is 0.337 e. The van der Waals surface area contributed by atoms with Crippen LogP contribution in [0.2, 0.25) is 45.6 Å². The Hall–Kier alpha value is -7.28. The van der Waals surface area contributed by atoms with Crippen LogP contribution in [0.4, 0.5) is 11.4 Å². The average molecular weight is 2310 g/mol. The molecule has 13 aromatic rings. The molecule has 0 unspecified atom stereocenters. The number of methoxy groups -OCH3 is 2. The molecule has 727 valence electrons. The number of aromatic carboxylic acids is 1. The van der Waals surface area contributed by atoms with Gasteiger partial charge >= 0.3 is 62.4 Å². The van der Waals surface area contributed by atoms with Gasteiger partial charge in [-0.25, -0.2) is 4.79 Å². The van der Waals surface area contributed by atoms with E-state index in [0.717, 1.165) is 250 Å². The van der Waals surface area contributed by atoms with Crippen LogP contribution in [0.1, 0.15) is 111 Å². The number of piperidine rings is 1. The van der Waals surface area contributed by atoms with E-state index in [1.807, 2.05) is 109 Å². The largest absolute Gasteiger partial charge is 0.478 e. The van der Waals surface area contributed by atoms with Crippen LogP contribution in [0.25, 0.3) is 43.6 Å². The van der Waals surface area contributed by atoms with E-state index in [2.05, 4.69) is 198 Å².